The molecule has 0 rings (SSSR count). The van der Waals surface area contributed by atoms with Gasteiger partial charge in [0.05, 0.1) is 6.34 Å². The summed E-state index contributed by atoms with van der Waals surface area (Å²) in [5.41, 5.74) is 0. The van der Waals surface area contributed by atoms with Crippen molar-refractivity contribution in [3.8, 4) is 0 Å². The van der Waals surface area contributed by atoms with Gasteiger partial charge in [-0.05, 0) is 32.9 Å². The molecule has 0 aromatic heterocycles. The summed E-state index contributed by atoms with van der Waals surface area (Å²) in [6.45, 7) is 10.5. The van der Waals surface area contributed by atoms with Gasteiger partial charge in [0.2, 0.25) is 0 Å². The predicted octanol–water partition coefficient (Wildman–Crippen LogP) is 2.55. The molecule has 0 spiro atoms. The van der Waals surface area contributed by atoms with Crippen molar-refractivity contribution in [1.82, 2.24) is 9.80 Å². The molecular formula is C12H25N3. The van der Waals surface area contributed by atoms with E-state index in [-0.39, 0.29) is 0 Å². The lowest BCUT2D eigenvalue weighted by Gasteiger charge is -2.17. The zero-order valence-corrected chi connectivity index (χ0v) is 10.4. The number of rotatable bonds is 9. The minimum atomic E-state index is 0.953. The molecule has 3 nitrogen and oxygen atoms in total. The average Bonchev–Trinajstić information content (AvgIpc) is 2.28. The van der Waals surface area contributed by atoms with E-state index in [1.807, 2.05) is 4.90 Å². The van der Waals surface area contributed by atoms with Gasteiger partial charge in [-0.2, -0.15) is 0 Å². The summed E-state index contributed by atoms with van der Waals surface area (Å²) in [6, 6.07) is 0. The molecule has 0 aliphatic rings. The van der Waals surface area contributed by atoms with Gasteiger partial charge in [-0.25, -0.2) is 0 Å². The normalized spacial score (nSPS) is 10.6. The summed E-state index contributed by atoms with van der Waals surface area (Å²) < 4.78 is 0. The molecule has 0 bridgehead atoms. The standard InChI is InChI=1S/C12H25N3/c1-4-9-15(12-13)11-8-7-10-14(5-2)6-3/h7,10,12-13H,4-6,8-9,11H2,1-3H3. The van der Waals surface area contributed by atoms with E-state index in [4.69, 9.17) is 5.41 Å². The molecule has 0 aromatic carbocycles. The van der Waals surface area contributed by atoms with Gasteiger partial charge in [-0.15, -0.1) is 0 Å². The second kappa shape index (κ2) is 9.56. The second-order valence-electron chi connectivity index (χ2n) is 3.56. The van der Waals surface area contributed by atoms with Crippen LogP contribution >= 0.6 is 0 Å². The second-order valence-corrected chi connectivity index (χ2v) is 3.56. The highest BCUT2D eigenvalue weighted by Crippen LogP contribution is 1.94. The minimum absolute atomic E-state index is 0.953. The SMILES string of the molecule is CCCN(C=N)CCC=CN(CC)CC. The van der Waals surface area contributed by atoms with Crippen molar-refractivity contribution in [2.75, 3.05) is 26.2 Å². The van der Waals surface area contributed by atoms with Crippen LogP contribution in [-0.2, 0) is 0 Å². The van der Waals surface area contributed by atoms with Crippen LogP contribution < -0.4 is 0 Å². The van der Waals surface area contributed by atoms with Crippen molar-refractivity contribution in [3.05, 3.63) is 12.3 Å². The average molecular weight is 211 g/mol. The fourth-order valence-corrected chi connectivity index (χ4v) is 1.43. The summed E-state index contributed by atoms with van der Waals surface area (Å²) in [4.78, 5) is 4.32. The number of hydrogen-bond acceptors (Lipinski definition) is 2. The first-order chi connectivity index (χ1) is 7.28. The van der Waals surface area contributed by atoms with Gasteiger partial charge in [0.1, 0.15) is 0 Å². The van der Waals surface area contributed by atoms with Crippen molar-refractivity contribution >= 4 is 6.34 Å². The zero-order valence-electron chi connectivity index (χ0n) is 10.4. The Labute approximate surface area is 94.3 Å². The molecule has 0 aliphatic carbocycles. The van der Waals surface area contributed by atoms with Crippen LogP contribution in [0.15, 0.2) is 12.3 Å². The van der Waals surface area contributed by atoms with Gasteiger partial charge < -0.3 is 9.80 Å². The molecule has 0 atom stereocenters. The van der Waals surface area contributed by atoms with Gasteiger partial charge in [0.25, 0.3) is 0 Å². The smallest absolute Gasteiger partial charge is 0.0817 e. The van der Waals surface area contributed by atoms with E-state index < -0.39 is 0 Å². The Bertz CT molecular complexity index is 174. The Morgan fingerprint density at radius 3 is 2.13 bits per heavy atom. The lowest BCUT2D eigenvalue weighted by molar-refractivity contribution is 0.411. The molecule has 15 heavy (non-hydrogen) atoms. The van der Waals surface area contributed by atoms with E-state index in [1.165, 1.54) is 6.34 Å². The molecule has 0 unspecified atom stereocenters. The van der Waals surface area contributed by atoms with Gasteiger partial charge >= 0.3 is 0 Å². The van der Waals surface area contributed by atoms with Crippen molar-refractivity contribution in [1.29, 1.82) is 5.41 Å². The molecule has 0 aromatic rings. The van der Waals surface area contributed by atoms with Crippen LogP contribution in [0.1, 0.15) is 33.6 Å². The molecule has 88 valence electrons. The van der Waals surface area contributed by atoms with E-state index in [0.717, 1.165) is 39.0 Å². The highest BCUT2D eigenvalue weighted by atomic mass is 15.1. The van der Waals surface area contributed by atoms with E-state index in [0.29, 0.717) is 0 Å². The van der Waals surface area contributed by atoms with E-state index in [1.54, 1.807) is 0 Å². The first-order valence-electron chi connectivity index (χ1n) is 5.93. The molecule has 0 amide bonds. The van der Waals surface area contributed by atoms with Crippen LogP contribution in [0, 0.1) is 5.41 Å². The molecule has 0 heterocycles. The van der Waals surface area contributed by atoms with Crippen molar-refractivity contribution in [2.24, 2.45) is 0 Å². The quantitative estimate of drug-likeness (QED) is 0.469. The Balaban J connectivity index is 3.70. The maximum Gasteiger partial charge on any atom is 0.0817 e. The highest BCUT2D eigenvalue weighted by molar-refractivity contribution is 5.50. The Hall–Kier alpha value is -0.990. The summed E-state index contributed by atoms with van der Waals surface area (Å²) in [5, 5.41) is 7.22. The minimum Gasteiger partial charge on any atom is -0.378 e. The molecule has 0 fully saturated rings. The van der Waals surface area contributed by atoms with Crippen LogP contribution in [0.3, 0.4) is 0 Å². The molecular weight excluding hydrogens is 186 g/mol. The summed E-state index contributed by atoms with van der Waals surface area (Å²) in [5.74, 6) is 0. The molecule has 0 radical (unpaired) electrons. The topological polar surface area (TPSA) is 30.3 Å². The third-order valence-electron chi connectivity index (χ3n) is 2.40. The lowest BCUT2D eigenvalue weighted by atomic mass is 10.3. The van der Waals surface area contributed by atoms with Crippen LogP contribution in [-0.4, -0.2) is 42.3 Å². The van der Waals surface area contributed by atoms with Crippen molar-refractivity contribution < 1.29 is 0 Å². The maximum absolute atomic E-state index is 7.22. The Kier molecular flexibility index (Phi) is 8.93. The molecule has 0 saturated carbocycles. The van der Waals surface area contributed by atoms with Gasteiger partial charge in [0, 0.05) is 26.2 Å². The van der Waals surface area contributed by atoms with E-state index >= 15 is 0 Å². The summed E-state index contributed by atoms with van der Waals surface area (Å²) in [6.07, 6.45) is 7.92. The first-order valence-corrected chi connectivity index (χ1v) is 5.93. The summed E-state index contributed by atoms with van der Waals surface area (Å²) >= 11 is 0. The Morgan fingerprint density at radius 2 is 1.67 bits per heavy atom. The van der Waals surface area contributed by atoms with Gasteiger partial charge in [-0.3, -0.25) is 5.41 Å². The Morgan fingerprint density at radius 1 is 1.00 bits per heavy atom. The number of nitrogens with one attached hydrogen (secondary N) is 1. The molecule has 1 N–H and O–H groups in total. The van der Waals surface area contributed by atoms with Crippen molar-refractivity contribution in [3.63, 3.8) is 0 Å². The van der Waals surface area contributed by atoms with Crippen LogP contribution in [0.2, 0.25) is 0 Å². The van der Waals surface area contributed by atoms with Crippen molar-refractivity contribution in [2.45, 2.75) is 33.6 Å². The molecule has 0 saturated heterocycles. The van der Waals surface area contributed by atoms with Gasteiger partial charge in [-0.1, -0.05) is 13.0 Å². The van der Waals surface area contributed by atoms with E-state index in [2.05, 4.69) is 37.9 Å². The molecule has 0 aliphatic heterocycles. The van der Waals surface area contributed by atoms with Gasteiger partial charge in [0.15, 0.2) is 0 Å². The number of nitrogens with zero attached hydrogens (tertiary/aromatic N) is 2. The largest absolute Gasteiger partial charge is 0.378 e. The van der Waals surface area contributed by atoms with E-state index in [9.17, 15) is 0 Å². The monoisotopic (exact) mass is 211 g/mol. The number of hydrogen-bond donors (Lipinski definition) is 1. The zero-order chi connectivity index (χ0) is 11.5. The third-order valence-corrected chi connectivity index (χ3v) is 2.40. The summed E-state index contributed by atoms with van der Waals surface area (Å²) in [7, 11) is 0. The third kappa shape index (κ3) is 7.00. The lowest BCUT2D eigenvalue weighted by Crippen LogP contribution is -2.23. The fourth-order valence-electron chi connectivity index (χ4n) is 1.43. The maximum atomic E-state index is 7.22. The predicted molar refractivity (Wildman–Crippen MR) is 67.3 cm³/mol. The molecule has 3 heteroatoms. The first kappa shape index (κ1) is 14.0. The fraction of sp³-hybridized carbons (Fsp3) is 0.750. The van der Waals surface area contributed by atoms with Crippen LogP contribution in [0.25, 0.3) is 0 Å². The highest BCUT2D eigenvalue weighted by Gasteiger charge is 1.95. The van der Waals surface area contributed by atoms with Crippen LogP contribution in [0.5, 0.6) is 0 Å². The van der Waals surface area contributed by atoms with Crippen LogP contribution in [0.4, 0.5) is 0 Å².